The molecule has 0 aromatic rings. The van der Waals surface area contributed by atoms with Gasteiger partial charge >= 0.3 is 12.0 Å². The zero-order valence-corrected chi connectivity index (χ0v) is 11.9. The van der Waals surface area contributed by atoms with Crippen LogP contribution in [0.15, 0.2) is 0 Å². The number of carboxylic acids is 1. The number of carbonyl (C=O) groups excluding carboxylic acids is 1. The zero-order chi connectivity index (χ0) is 14.5. The second kappa shape index (κ2) is 6.75. The lowest BCUT2D eigenvalue weighted by atomic mass is 10.1. The lowest BCUT2D eigenvalue weighted by Crippen LogP contribution is -2.54. The van der Waals surface area contributed by atoms with E-state index in [4.69, 9.17) is 9.84 Å². The van der Waals surface area contributed by atoms with Gasteiger partial charge in [-0.2, -0.15) is 0 Å². The van der Waals surface area contributed by atoms with Crippen LogP contribution in [0.4, 0.5) is 4.79 Å². The van der Waals surface area contributed by atoms with Crippen molar-refractivity contribution in [2.75, 3.05) is 19.7 Å². The van der Waals surface area contributed by atoms with Gasteiger partial charge in [0, 0.05) is 19.0 Å². The third-order valence-corrected chi connectivity index (χ3v) is 3.11. The summed E-state index contributed by atoms with van der Waals surface area (Å²) in [7, 11) is 0. The van der Waals surface area contributed by atoms with Crippen molar-refractivity contribution in [2.45, 2.75) is 51.7 Å². The van der Waals surface area contributed by atoms with Gasteiger partial charge < -0.3 is 20.1 Å². The molecule has 1 atom stereocenters. The molecule has 1 unspecified atom stereocenters. The van der Waals surface area contributed by atoms with Gasteiger partial charge in [-0.1, -0.05) is 0 Å². The van der Waals surface area contributed by atoms with E-state index in [9.17, 15) is 9.59 Å². The van der Waals surface area contributed by atoms with Crippen molar-refractivity contribution in [2.24, 2.45) is 0 Å². The summed E-state index contributed by atoms with van der Waals surface area (Å²) in [4.78, 5) is 24.2. The second-order valence-corrected chi connectivity index (χ2v) is 5.67. The Bertz CT molecular complexity index is 331. The molecule has 0 bridgehead atoms. The average Bonchev–Trinajstić information content (AvgIpc) is 2.26. The van der Waals surface area contributed by atoms with Gasteiger partial charge in [0.15, 0.2) is 0 Å². The number of hydrogen-bond donors (Lipinski definition) is 2. The molecule has 0 saturated carbocycles. The Kier molecular flexibility index (Phi) is 5.60. The van der Waals surface area contributed by atoms with Crippen LogP contribution in [0.3, 0.4) is 0 Å². The molecule has 1 fully saturated rings. The SMILES string of the molecule is CC(CCCC(=O)O)NC(=O)N1CCOC(C)(C)C1. The monoisotopic (exact) mass is 272 g/mol. The quantitative estimate of drug-likeness (QED) is 0.794. The molecule has 1 aliphatic heterocycles. The summed E-state index contributed by atoms with van der Waals surface area (Å²) in [5.41, 5.74) is -0.303. The van der Waals surface area contributed by atoms with Crippen molar-refractivity contribution >= 4 is 12.0 Å². The first-order valence-electron chi connectivity index (χ1n) is 6.71. The highest BCUT2D eigenvalue weighted by atomic mass is 16.5. The number of ether oxygens (including phenoxy) is 1. The van der Waals surface area contributed by atoms with Crippen LogP contribution in [0, 0.1) is 0 Å². The molecular weight excluding hydrogens is 248 g/mol. The number of urea groups is 1. The molecule has 0 aromatic heterocycles. The molecule has 0 aromatic carbocycles. The Hall–Kier alpha value is -1.30. The highest BCUT2D eigenvalue weighted by molar-refractivity contribution is 5.74. The molecule has 2 N–H and O–H groups in total. The smallest absolute Gasteiger partial charge is 0.317 e. The third-order valence-electron chi connectivity index (χ3n) is 3.11. The maximum Gasteiger partial charge on any atom is 0.317 e. The predicted molar refractivity (Wildman–Crippen MR) is 71.1 cm³/mol. The van der Waals surface area contributed by atoms with Gasteiger partial charge in [-0.3, -0.25) is 4.79 Å². The van der Waals surface area contributed by atoms with Crippen molar-refractivity contribution in [3.05, 3.63) is 0 Å². The van der Waals surface area contributed by atoms with Gasteiger partial charge in [-0.05, 0) is 33.6 Å². The van der Waals surface area contributed by atoms with Crippen LogP contribution < -0.4 is 5.32 Å². The van der Waals surface area contributed by atoms with Crippen LogP contribution in [0.1, 0.15) is 40.0 Å². The van der Waals surface area contributed by atoms with Crippen LogP contribution in [0.2, 0.25) is 0 Å². The minimum atomic E-state index is -0.798. The summed E-state index contributed by atoms with van der Waals surface area (Å²) in [5.74, 6) is -0.798. The van der Waals surface area contributed by atoms with Crippen molar-refractivity contribution in [3.8, 4) is 0 Å². The van der Waals surface area contributed by atoms with Crippen molar-refractivity contribution in [3.63, 3.8) is 0 Å². The fourth-order valence-electron chi connectivity index (χ4n) is 2.12. The molecule has 1 rings (SSSR count). The summed E-state index contributed by atoms with van der Waals surface area (Å²) in [5, 5.41) is 11.5. The summed E-state index contributed by atoms with van der Waals surface area (Å²) in [6.45, 7) is 7.53. The van der Waals surface area contributed by atoms with E-state index in [1.807, 2.05) is 20.8 Å². The normalized spacial score (nSPS) is 19.8. The van der Waals surface area contributed by atoms with E-state index in [0.717, 1.165) is 0 Å². The van der Waals surface area contributed by atoms with Gasteiger partial charge in [-0.15, -0.1) is 0 Å². The number of amides is 2. The molecule has 1 saturated heterocycles. The highest BCUT2D eigenvalue weighted by Crippen LogP contribution is 2.16. The number of morpholine rings is 1. The van der Waals surface area contributed by atoms with E-state index in [-0.39, 0.29) is 24.1 Å². The maximum atomic E-state index is 12.0. The topological polar surface area (TPSA) is 78.9 Å². The lowest BCUT2D eigenvalue weighted by Gasteiger charge is -2.38. The fraction of sp³-hybridized carbons (Fsp3) is 0.846. The minimum absolute atomic E-state index is 0.0159. The Morgan fingerprint density at radius 1 is 1.47 bits per heavy atom. The number of hydrogen-bond acceptors (Lipinski definition) is 3. The van der Waals surface area contributed by atoms with Gasteiger partial charge in [0.1, 0.15) is 0 Å². The van der Waals surface area contributed by atoms with E-state index in [0.29, 0.717) is 32.5 Å². The van der Waals surface area contributed by atoms with Crippen LogP contribution in [-0.4, -0.2) is 53.3 Å². The first-order chi connectivity index (χ1) is 8.80. The number of carboxylic acid groups (broad SMARTS) is 1. The molecular formula is C13H24N2O4. The van der Waals surface area contributed by atoms with Crippen molar-refractivity contribution in [1.82, 2.24) is 10.2 Å². The summed E-state index contributed by atoms with van der Waals surface area (Å²) < 4.78 is 5.55. The van der Waals surface area contributed by atoms with E-state index < -0.39 is 5.97 Å². The number of aliphatic carboxylic acids is 1. The van der Waals surface area contributed by atoms with Crippen molar-refractivity contribution in [1.29, 1.82) is 0 Å². The fourth-order valence-corrected chi connectivity index (χ4v) is 2.12. The minimum Gasteiger partial charge on any atom is -0.481 e. The van der Waals surface area contributed by atoms with Gasteiger partial charge in [0.05, 0.1) is 18.8 Å². The highest BCUT2D eigenvalue weighted by Gasteiger charge is 2.30. The van der Waals surface area contributed by atoms with Crippen LogP contribution in [-0.2, 0) is 9.53 Å². The zero-order valence-electron chi connectivity index (χ0n) is 11.9. The summed E-state index contributed by atoms with van der Waals surface area (Å²) in [6.07, 6.45) is 1.39. The van der Waals surface area contributed by atoms with Crippen molar-refractivity contribution < 1.29 is 19.4 Å². The van der Waals surface area contributed by atoms with Crippen LogP contribution in [0.5, 0.6) is 0 Å². The Morgan fingerprint density at radius 2 is 2.16 bits per heavy atom. The molecule has 2 amide bonds. The number of carbonyl (C=O) groups is 2. The van der Waals surface area contributed by atoms with Crippen LogP contribution >= 0.6 is 0 Å². The largest absolute Gasteiger partial charge is 0.481 e. The lowest BCUT2D eigenvalue weighted by molar-refractivity contribution is -0.137. The molecule has 1 heterocycles. The van der Waals surface area contributed by atoms with Gasteiger partial charge in [-0.25, -0.2) is 4.79 Å². The summed E-state index contributed by atoms with van der Waals surface area (Å²) in [6, 6.07) is -0.114. The first-order valence-corrected chi connectivity index (χ1v) is 6.71. The van der Waals surface area contributed by atoms with Gasteiger partial charge in [0.2, 0.25) is 0 Å². The van der Waals surface area contributed by atoms with E-state index in [2.05, 4.69) is 5.32 Å². The average molecular weight is 272 g/mol. The number of nitrogens with one attached hydrogen (secondary N) is 1. The molecule has 19 heavy (non-hydrogen) atoms. The molecule has 0 radical (unpaired) electrons. The maximum absolute atomic E-state index is 12.0. The molecule has 0 aliphatic carbocycles. The first kappa shape index (κ1) is 15.8. The second-order valence-electron chi connectivity index (χ2n) is 5.67. The Balaban J connectivity index is 2.31. The van der Waals surface area contributed by atoms with Crippen LogP contribution in [0.25, 0.3) is 0 Å². The number of nitrogens with zero attached hydrogens (tertiary/aromatic N) is 1. The number of rotatable bonds is 5. The third kappa shape index (κ3) is 5.92. The molecule has 0 spiro atoms. The predicted octanol–water partition coefficient (Wildman–Crippen LogP) is 1.45. The Morgan fingerprint density at radius 3 is 2.74 bits per heavy atom. The van der Waals surface area contributed by atoms with Gasteiger partial charge in [0.25, 0.3) is 0 Å². The summed E-state index contributed by atoms with van der Waals surface area (Å²) >= 11 is 0. The molecule has 6 heteroatoms. The van der Waals surface area contributed by atoms with E-state index in [1.54, 1.807) is 4.90 Å². The Labute approximate surface area is 114 Å². The standard InChI is InChI=1S/C13H24N2O4/c1-10(5-4-6-11(16)17)14-12(18)15-7-8-19-13(2,3)9-15/h10H,4-9H2,1-3H3,(H,14,18)(H,16,17). The van der Waals surface area contributed by atoms with E-state index >= 15 is 0 Å². The van der Waals surface area contributed by atoms with E-state index in [1.165, 1.54) is 0 Å². The molecule has 6 nitrogen and oxygen atoms in total. The molecule has 1 aliphatic rings. The molecule has 110 valence electrons.